The van der Waals surface area contributed by atoms with Crippen molar-refractivity contribution in [2.24, 2.45) is 0 Å². The van der Waals surface area contributed by atoms with Crippen LogP contribution < -0.4 is 9.47 Å². The van der Waals surface area contributed by atoms with E-state index in [1.54, 1.807) is 12.0 Å². The van der Waals surface area contributed by atoms with E-state index in [9.17, 15) is 4.79 Å². The van der Waals surface area contributed by atoms with E-state index < -0.39 is 0 Å². The van der Waals surface area contributed by atoms with Crippen LogP contribution >= 0.6 is 0 Å². The number of rotatable bonds is 7. The van der Waals surface area contributed by atoms with Gasteiger partial charge in [-0.3, -0.25) is 4.79 Å². The lowest BCUT2D eigenvalue weighted by Gasteiger charge is -2.19. The summed E-state index contributed by atoms with van der Waals surface area (Å²) >= 11 is 0. The summed E-state index contributed by atoms with van der Waals surface area (Å²) in [6.07, 6.45) is 0.381. The van der Waals surface area contributed by atoms with Gasteiger partial charge in [-0.05, 0) is 41.0 Å². The molecule has 1 amide bonds. The fourth-order valence-corrected chi connectivity index (χ4v) is 3.19. The average Bonchev–Trinajstić information content (AvgIpc) is 2.69. The molecule has 0 aromatic heterocycles. The number of fused-ring (bicyclic) bond motifs is 1. The topological polar surface area (TPSA) is 38.8 Å². The molecule has 0 radical (unpaired) electrons. The SMILES string of the molecule is CCOc1ccc(CN(C)C(=O)Cc2cccc3ccccc23)cc1OC. The highest BCUT2D eigenvalue weighted by Gasteiger charge is 2.13. The van der Waals surface area contributed by atoms with E-state index in [4.69, 9.17) is 9.47 Å². The van der Waals surface area contributed by atoms with Crippen molar-refractivity contribution in [3.05, 3.63) is 71.8 Å². The van der Waals surface area contributed by atoms with Gasteiger partial charge in [0.25, 0.3) is 0 Å². The van der Waals surface area contributed by atoms with Crippen molar-refractivity contribution in [1.29, 1.82) is 0 Å². The van der Waals surface area contributed by atoms with Crippen LogP contribution in [-0.2, 0) is 17.8 Å². The van der Waals surface area contributed by atoms with Gasteiger partial charge in [0, 0.05) is 13.6 Å². The van der Waals surface area contributed by atoms with Crippen LogP contribution in [0, 0.1) is 0 Å². The van der Waals surface area contributed by atoms with Crippen LogP contribution in [0.15, 0.2) is 60.7 Å². The Morgan fingerprint density at radius 3 is 2.56 bits per heavy atom. The van der Waals surface area contributed by atoms with Gasteiger partial charge in [-0.15, -0.1) is 0 Å². The Morgan fingerprint density at radius 2 is 1.78 bits per heavy atom. The third-order valence-electron chi connectivity index (χ3n) is 4.59. The zero-order valence-corrected chi connectivity index (χ0v) is 16.1. The fraction of sp³-hybridized carbons (Fsp3) is 0.261. The van der Waals surface area contributed by atoms with Crippen molar-refractivity contribution in [2.75, 3.05) is 20.8 Å². The maximum absolute atomic E-state index is 12.8. The highest BCUT2D eigenvalue weighted by Crippen LogP contribution is 2.28. The fourth-order valence-electron chi connectivity index (χ4n) is 3.19. The van der Waals surface area contributed by atoms with E-state index in [1.165, 1.54) is 0 Å². The molecular weight excluding hydrogens is 338 g/mol. The van der Waals surface area contributed by atoms with Crippen molar-refractivity contribution in [3.63, 3.8) is 0 Å². The summed E-state index contributed by atoms with van der Waals surface area (Å²) in [6, 6.07) is 20.0. The molecule has 0 heterocycles. The maximum atomic E-state index is 12.8. The third-order valence-corrected chi connectivity index (χ3v) is 4.59. The Hall–Kier alpha value is -3.01. The van der Waals surface area contributed by atoms with Crippen molar-refractivity contribution < 1.29 is 14.3 Å². The second-order valence-corrected chi connectivity index (χ2v) is 6.48. The van der Waals surface area contributed by atoms with Crippen LogP contribution in [0.3, 0.4) is 0 Å². The van der Waals surface area contributed by atoms with Gasteiger partial charge >= 0.3 is 0 Å². The lowest BCUT2D eigenvalue weighted by molar-refractivity contribution is -0.129. The molecule has 0 spiro atoms. The van der Waals surface area contributed by atoms with E-state index in [-0.39, 0.29) is 5.91 Å². The van der Waals surface area contributed by atoms with Crippen molar-refractivity contribution in [2.45, 2.75) is 19.9 Å². The summed E-state index contributed by atoms with van der Waals surface area (Å²) in [4.78, 5) is 14.5. The van der Waals surface area contributed by atoms with E-state index >= 15 is 0 Å². The van der Waals surface area contributed by atoms with Gasteiger partial charge in [0.2, 0.25) is 5.91 Å². The Balaban J connectivity index is 1.72. The van der Waals surface area contributed by atoms with Crippen molar-refractivity contribution in [3.8, 4) is 11.5 Å². The number of amides is 1. The van der Waals surface area contributed by atoms with Gasteiger partial charge < -0.3 is 14.4 Å². The van der Waals surface area contributed by atoms with Crippen molar-refractivity contribution >= 4 is 16.7 Å². The first-order valence-electron chi connectivity index (χ1n) is 9.12. The number of ether oxygens (including phenoxy) is 2. The normalized spacial score (nSPS) is 10.6. The first-order chi connectivity index (χ1) is 13.1. The van der Waals surface area contributed by atoms with E-state index in [1.807, 2.05) is 56.4 Å². The first kappa shape index (κ1) is 18.8. The monoisotopic (exact) mass is 363 g/mol. The number of benzene rings is 3. The molecule has 3 aromatic rings. The van der Waals surface area contributed by atoms with Crippen LogP contribution in [0.2, 0.25) is 0 Å². The zero-order chi connectivity index (χ0) is 19.2. The minimum absolute atomic E-state index is 0.0826. The quantitative estimate of drug-likeness (QED) is 0.623. The molecule has 0 aliphatic carbocycles. The Kier molecular flexibility index (Phi) is 5.97. The standard InChI is InChI=1S/C23H25NO3/c1-4-27-21-13-12-17(14-22(21)26-3)16-24(2)23(25)15-19-10-7-9-18-8-5-6-11-20(18)19/h5-14H,4,15-16H2,1-3H3. The summed E-state index contributed by atoms with van der Waals surface area (Å²) in [5.74, 6) is 1.48. The van der Waals surface area contributed by atoms with Crippen LogP contribution in [0.25, 0.3) is 10.8 Å². The molecule has 3 rings (SSSR count). The molecule has 0 bridgehead atoms. The summed E-state index contributed by atoms with van der Waals surface area (Å²) < 4.78 is 10.9. The lowest BCUT2D eigenvalue weighted by atomic mass is 10.0. The predicted molar refractivity (Wildman–Crippen MR) is 108 cm³/mol. The number of hydrogen-bond donors (Lipinski definition) is 0. The zero-order valence-electron chi connectivity index (χ0n) is 16.1. The minimum atomic E-state index is 0.0826. The Bertz CT molecular complexity index is 931. The molecular formula is C23H25NO3. The Labute approximate surface area is 160 Å². The van der Waals surface area contributed by atoms with Gasteiger partial charge in [0.15, 0.2) is 11.5 Å². The lowest BCUT2D eigenvalue weighted by Crippen LogP contribution is -2.27. The van der Waals surface area contributed by atoms with Crippen LogP contribution in [0.1, 0.15) is 18.1 Å². The summed E-state index contributed by atoms with van der Waals surface area (Å²) in [7, 11) is 3.45. The van der Waals surface area contributed by atoms with Gasteiger partial charge in [-0.25, -0.2) is 0 Å². The molecule has 0 unspecified atom stereocenters. The Morgan fingerprint density at radius 1 is 1.00 bits per heavy atom. The minimum Gasteiger partial charge on any atom is -0.493 e. The number of carbonyl (C=O) groups is 1. The number of likely N-dealkylation sites (N-methyl/N-ethyl adjacent to an activating group) is 1. The summed E-state index contributed by atoms with van der Waals surface area (Å²) in [5.41, 5.74) is 2.05. The molecule has 0 N–H and O–H groups in total. The molecule has 0 fully saturated rings. The number of carbonyl (C=O) groups excluding carboxylic acids is 1. The molecule has 4 heteroatoms. The third kappa shape index (κ3) is 4.40. The van der Waals surface area contributed by atoms with Gasteiger partial charge in [0.05, 0.1) is 20.1 Å². The van der Waals surface area contributed by atoms with E-state index in [2.05, 4.69) is 18.2 Å². The predicted octanol–water partition coefficient (Wildman–Crippen LogP) is 4.45. The van der Waals surface area contributed by atoms with E-state index in [0.717, 1.165) is 21.9 Å². The first-order valence-corrected chi connectivity index (χ1v) is 9.12. The van der Waals surface area contributed by atoms with Crippen LogP contribution in [0.5, 0.6) is 11.5 Å². The molecule has 0 aliphatic heterocycles. The van der Waals surface area contributed by atoms with Crippen molar-refractivity contribution in [1.82, 2.24) is 4.90 Å². The molecule has 0 saturated carbocycles. The highest BCUT2D eigenvalue weighted by molar-refractivity contribution is 5.90. The molecule has 140 valence electrons. The molecule has 3 aromatic carbocycles. The molecule has 0 aliphatic rings. The van der Waals surface area contributed by atoms with Crippen LogP contribution in [0.4, 0.5) is 0 Å². The maximum Gasteiger partial charge on any atom is 0.227 e. The van der Waals surface area contributed by atoms with E-state index in [0.29, 0.717) is 31.1 Å². The van der Waals surface area contributed by atoms with Gasteiger partial charge in [0.1, 0.15) is 0 Å². The number of hydrogen-bond acceptors (Lipinski definition) is 3. The second kappa shape index (κ2) is 8.58. The summed E-state index contributed by atoms with van der Waals surface area (Å²) in [5, 5.41) is 2.28. The molecule has 0 saturated heterocycles. The molecule has 4 nitrogen and oxygen atoms in total. The largest absolute Gasteiger partial charge is 0.493 e. The smallest absolute Gasteiger partial charge is 0.227 e. The van der Waals surface area contributed by atoms with Gasteiger partial charge in [-0.1, -0.05) is 48.5 Å². The average molecular weight is 363 g/mol. The molecule has 27 heavy (non-hydrogen) atoms. The summed E-state index contributed by atoms with van der Waals surface area (Å²) in [6.45, 7) is 3.04. The number of methoxy groups -OCH3 is 1. The molecule has 0 atom stereocenters. The van der Waals surface area contributed by atoms with Crippen LogP contribution in [-0.4, -0.2) is 31.6 Å². The number of nitrogens with zero attached hydrogens (tertiary/aromatic N) is 1. The second-order valence-electron chi connectivity index (χ2n) is 6.48. The van der Waals surface area contributed by atoms with Gasteiger partial charge in [-0.2, -0.15) is 0 Å². The highest BCUT2D eigenvalue weighted by atomic mass is 16.5.